The summed E-state index contributed by atoms with van der Waals surface area (Å²) in [6, 6.07) is -0.177. The molecule has 4 heteroatoms. The molecule has 0 heterocycles. The Morgan fingerprint density at radius 1 is 1.63 bits per heavy atom. The van der Waals surface area contributed by atoms with Crippen molar-refractivity contribution >= 4 is 17.5 Å². The predicted octanol–water partition coefficient (Wildman–Crippen LogP) is 3.49. The van der Waals surface area contributed by atoms with Gasteiger partial charge in [-0.25, -0.2) is 0 Å². The highest BCUT2D eigenvalue weighted by Gasteiger charge is 2.40. The maximum atomic E-state index is 12.0. The maximum absolute atomic E-state index is 12.0. The number of nitrogens with zero attached hydrogens (tertiary/aromatic N) is 1. The fraction of sp³-hybridized carbons (Fsp3) is 0.667. The highest BCUT2D eigenvalue weighted by Crippen LogP contribution is 2.34. The molecule has 0 radical (unpaired) electrons. The van der Waals surface area contributed by atoms with Crippen LogP contribution in [-0.4, -0.2) is 34.6 Å². The fourth-order valence-corrected chi connectivity index (χ4v) is 2.87. The number of allylic oxidation sites excluding steroid dienone is 2. The zero-order valence-electron chi connectivity index (χ0n) is 12.4. The normalized spacial score (nSPS) is 27.9. The molecule has 108 valence electrons. The van der Waals surface area contributed by atoms with E-state index in [1.165, 1.54) is 0 Å². The Balaban J connectivity index is 3.01. The molecule has 1 aliphatic rings. The molecule has 0 saturated carbocycles. The van der Waals surface area contributed by atoms with Crippen molar-refractivity contribution in [3.63, 3.8) is 0 Å². The van der Waals surface area contributed by atoms with Gasteiger partial charge in [-0.3, -0.25) is 4.79 Å². The molecule has 3 atom stereocenters. The SMILES string of the molecule is CCCOC(C)N(C(C)=O)C1C(C)=CC=CC1(C)Cl. The van der Waals surface area contributed by atoms with Crippen LogP contribution in [0.3, 0.4) is 0 Å². The van der Waals surface area contributed by atoms with Crippen molar-refractivity contribution in [2.24, 2.45) is 0 Å². The van der Waals surface area contributed by atoms with Crippen LogP contribution in [0.15, 0.2) is 23.8 Å². The Morgan fingerprint density at radius 2 is 2.26 bits per heavy atom. The van der Waals surface area contributed by atoms with Gasteiger partial charge in [-0.2, -0.15) is 0 Å². The first-order chi connectivity index (χ1) is 8.81. The summed E-state index contributed by atoms with van der Waals surface area (Å²) in [5, 5.41) is 0. The molecule has 0 fully saturated rings. The molecule has 1 aliphatic carbocycles. The number of ether oxygens (including phenoxy) is 1. The Hall–Kier alpha value is -0.800. The molecule has 0 aromatic carbocycles. The van der Waals surface area contributed by atoms with Crippen molar-refractivity contribution in [3.05, 3.63) is 23.8 Å². The predicted molar refractivity (Wildman–Crippen MR) is 79.2 cm³/mol. The summed E-state index contributed by atoms with van der Waals surface area (Å²) < 4.78 is 5.70. The quantitative estimate of drug-likeness (QED) is 0.572. The van der Waals surface area contributed by atoms with E-state index in [0.717, 1.165) is 12.0 Å². The highest BCUT2D eigenvalue weighted by atomic mass is 35.5. The second-order valence-electron chi connectivity index (χ2n) is 5.22. The van der Waals surface area contributed by atoms with E-state index in [2.05, 4.69) is 0 Å². The summed E-state index contributed by atoms with van der Waals surface area (Å²) >= 11 is 6.57. The molecule has 0 aliphatic heterocycles. The smallest absolute Gasteiger partial charge is 0.222 e. The van der Waals surface area contributed by atoms with Crippen LogP contribution in [0.4, 0.5) is 0 Å². The van der Waals surface area contributed by atoms with Crippen LogP contribution >= 0.6 is 11.6 Å². The van der Waals surface area contributed by atoms with Crippen molar-refractivity contribution in [3.8, 4) is 0 Å². The minimum atomic E-state index is -0.603. The van der Waals surface area contributed by atoms with Gasteiger partial charge in [0.15, 0.2) is 0 Å². The van der Waals surface area contributed by atoms with Crippen molar-refractivity contribution in [1.82, 2.24) is 4.90 Å². The minimum absolute atomic E-state index is 0.0245. The van der Waals surface area contributed by atoms with Gasteiger partial charge in [-0.1, -0.05) is 25.2 Å². The van der Waals surface area contributed by atoms with E-state index < -0.39 is 4.87 Å². The van der Waals surface area contributed by atoms with Gasteiger partial charge >= 0.3 is 0 Å². The van der Waals surface area contributed by atoms with Crippen LogP contribution in [0.5, 0.6) is 0 Å². The van der Waals surface area contributed by atoms with E-state index in [4.69, 9.17) is 16.3 Å². The number of alkyl halides is 1. The number of rotatable bonds is 5. The average Bonchev–Trinajstić information content (AvgIpc) is 2.30. The summed E-state index contributed by atoms with van der Waals surface area (Å²) in [7, 11) is 0. The molecule has 1 amide bonds. The van der Waals surface area contributed by atoms with E-state index >= 15 is 0 Å². The van der Waals surface area contributed by atoms with Crippen LogP contribution < -0.4 is 0 Å². The molecule has 1 rings (SSSR count). The highest BCUT2D eigenvalue weighted by molar-refractivity contribution is 6.26. The van der Waals surface area contributed by atoms with Crippen molar-refractivity contribution in [2.45, 2.75) is 58.2 Å². The lowest BCUT2D eigenvalue weighted by Gasteiger charge is -2.43. The lowest BCUT2D eigenvalue weighted by Crippen LogP contribution is -2.55. The van der Waals surface area contributed by atoms with E-state index in [1.54, 1.807) is 11.8 Å². The second-order valence-corrected chi connectivity index (χ2v) is 6.03. The summed E-state index contributed by atoms with van der Waals surface area (Å²) in [5.41, 5.74) is 1.07. The molecule has 0 aromatic rings. The molecular formula is C15H24ClNO2. The number of halogens is 1. The Morgan fingerprint density at radius 3 is 2.74 bits per heavy atom. The lowest BCUT2D eigenvalue weighted by atomic mass is 9.88. The maximum Gasteiger partial charge on any atom is 0.222 e. The van der Waals surface area contributed by atoms with Gasteiger partial charge in [0.05, 0.1) is 10.9 Å². The Kier molecular flexibility index (Phi) is 5.63. The van der Waals surface area contributed by atoms with Gasteiger partial charge in [0.1, 0.15) is 6.23 Å². The summed E-state index contributed by atoms with van der Waals surface area (Å²) in [5.74, 6) is -0.0245. The van der Waals surface area contributed by atoms with Gasteiger partial charge in [-0.05, 0) is 32.8 Å². The molecular weight excluding hydrogens is 262 g/mol. The van der Waals surface area contributed by atoms with Gasteiger partial charge in [0.25, 0.3) is 0 Å². The third-order valence-electron chi connectivity index (χ3n) is 3.34. The average molecular weight is 286 g/mol. The zero-order valence-corrected chi connectivity index (χ0v) is 13.2. The Labute approximate surface area is 121 Å². The number of hydrogen-bond acceptors (Lipinski definition) is 2. The molecule has 3 unspecified atom stereocenters. The zero-order chi connectivity index (χ0) is 14.6. The summed E-state index contributed by atoms with van der Waals surface area (Å²) in [6.45, 7) is 10.1. The third-order valence-corrected chi connectivity index (χ3v) is 3.68. The van der Waals surface area contributed by atoms with E-state index in [0.29, 0.717) is 6.61 Å². The molecule has 0 saturated heterocycles. The third kappa shape index (κ3) is 3.83. The monoisotopic (exact) mass is 285 g/mol. The molecule has 3 nitrogen and oxygen atoms in total. The van der Waals surface area contributed by atoms with E-state index in [9.17, 15) is 4.79 Å². The number of hydrogen-bond donors (Lipinski definition) is 0. The van der Waals surface area contributed by atoms with Crippen LogP contribution in [0.1, 0.15) is 41.0 Å². The van der Waals surface area contributed by atoms with Crippen LogP contribution in [0.2, 0.25) is 0 Å². The minimum Gasteiger partial charge on any atom is -0.359 e. The molecule has 0 bridgehead atoms. The second kappa shape index (κ2) is 6.58. The van der Waals surface area contributed by atoms with E-state index in [-0.39, 0.29) is 18.2 Å². The number of carbonyl (C=O) groups excluding carboxylic acids is 1. The van der Waals surface area contributed by atoms with Crippen molar-refractivity contribution < 1.29 is 9.53 Å². The molecule has 0 spiro atoms. The number of carbonyl (C=O) groups is 1. The van der Waals surface area contributed by atoms with Gasteiger partial charge in [-0.15, -0.1) is 11.6 Å². The van der Waals surface area contributed by atoms with Crippen molar-refractivity contribution in [2.75, 3.05) is 6.61 Å². The van der Waals surface area contributed by atoms with Gasteiger partial charge in [0.2, 0.25) is 5.91 Å². The van der Waals surface area contributed by atoms with Crippen LogP contribution in [-0.2, 0) is 9.53 Å². The van der Waals surface area contributed by atoms with Gasteiger partial charge in [0, 0.05) is 13.5 Å². The standard InChI is InChI=1S/C15H24ClNO2/c1-6-10-19-13(4)17(12(3)18)14-11(2)8-7-9-15(14,5)16/h7-9,13-14H,6,10H2,1-5H3. The van der Waals surface area contributed by atoms with Gasteiger partial charge < -0.3 is 9.64 Å². The van der Waals surface area contributed by atoms with Crippen LogP contribution in [0, 0.1) is 0 Å². The largest absolute Gasteiger partial charge is 0.359 e. The molecule has 19 heavy (non-hydrogen) atoms. The first-order valence-corrected chi connectivity index (χ1v) is 7.14. The lowest BCUT2D eigenvalue weighted by molar-refractivity contribution is -0.146. The van der Waals surface area contributed by atoms with Crippen LogP contribution in [0.25, 0.3) is 0 Å². The first kappa shape index (κ1) is 16.3. The summed E-state index contributed by atoms with van der Waals surface area (Å²) in [4.78, 5) is 13.1. The number of amides is 1. The topological polar surface area (TPSA) is 29.5 Å². The molecule has 0 aromatic heterocycles. The Bertz CT molecular complexity index is 388. The molecule has 0 N–H and O–H groups in total. The first-order valence-electron chi connectivity index (χ1n) is 6.76. The van der Waals surface area contributed by atoms with E-state index in [1.807, 2.05) is 45.9 Å². The van der Waals surface area contributed by atoms with Crippen molar-refractivity contribution in [1.29, 1.82) is 0 Å². The summed E-state index contributed by atoms with van der Waals surface area (Å²) in [6.07, 6.45) is 6.50. The fourth-order valence-electron chi connectivity index (χ4n) is 2.52.